The minimum Gasteiger partial charge on any atom is -0.399 e. The van der Waals surface area contributed by atoms with E-state index in [0.29, 0.717) is 0 Å². The van der Waals surface area contributed by atoms with Gasteiger partial charge in [-0.1, -0.05) is 0 Å². The predicted molar refractivity (Wildman–Crippen MR) is 76.9 cm³/mol. The van der Waals surface area contributed by atoms with Crippen molar-refractivity contribution >= 4 is 11.4 Å². The standard InChI is InChI=1S/C14H19N5/c15-12-1-3-14(4-2-12)19-9-7-18(8-10-19)11-13-5-6-16-17-13/h1-6H,7-11,15H2,(H,16,17). The summed E-state index contributed by atoms with van der Waals surface area (Å²) in [6.45, 7) is 5.16. The minimum atomic E-state index is 0.820. The molecule has 2 heterocycles. The third kappa shape index (κ3) is 2.88. The summed E-state index contributed by atoms with van der Waals surface area (Å²) in [6.07, 6.45) is 1.87. The molecule has 1 aromatic heterocycles. The molecule has 1 aliphatic rings. The molecule has 1 aromatic carbocycles. The molecule has 0 bridgehead atoms. The van der Waals surface area contributed by atoms with Crippen LogP contribution < -0.4 is 10.6 Å². The molecule has 3 N–H and O–H groups in total. The normalized spacial score (nSPS) is 16.7. The zero-order valence-corrected chi connectivity index (χ0v) is 10.9. The average molecular weight is 257 g/mol. The van der Waals surface area contributed by atoms with Gasteiger partial charge < -0.3 is 10.6 Å². The van der Waals surface area contributed by atoms with Gasteiger partial charge in [-0.3, -0.25) is 10.00 Å². The summed E-state index contributed by atoms with van der Waals surface area (Å²) < 4.78 is 0. The number of rotatable bonds is 3. The Balaban J connectivity index is 1.56. The molecule has 0 saturated carbocycles. The highest BCUT2D eigenvalue weighted by Gasteiger charge is 2.17. The molecular formula is C14H19N5. The summed E-state index contributed by atoms with van der Waals surface area (Å²) in [5, 5.41) is 7.06. The SMILES string of the molecule is Nc1ccc(N2CCN(Cc3cc[nH]n3)CC2)cc1. The molecule has 2 aromatic rings. The Bertz CT molecular complexity index is 497. The van der Waals surface area contributed by atoms with Crippen LogP contribution >= 0.6 is 0 Å². The third-order valence-electron chi connectivity index (χ3n) is 3.57. The van der Waals surface area contributed by atoms with E-state index in [1.165, 1.54) is 5.69 Å². The lowest BCUT2D eigenvalue weighted by Gasteiger charge is -2.35. The first-order valence-electron chi connectivity index (χ1n) is 6.63. The van der Waals surface area contributed by atoms with Crippen LogP contribution in [-0.2, 0) is 6.54 Å². The summed E-state index contributed by atoms with van der Waals surface area (Å²) in [6, 6.07) is 10.2. The van der Waals surface area contributed by atoms with Gasteiger partial charge in [0.25, 0.3) is 0 Å². The maximum Gasteiger partial charge on any atom is 0.0762 e. The second-order valence-corrected chi connectivity index (χ2v) is 4.92. The summed E-state index contributed by atoms with van der Waals surface area (Å²) >= 11 is 0. The highest BCUT2D eigenvalue weighted by Crippen LogP contribution is 2.18. The van der Waals surface area contributed by atoms with Crippen LogP contribution in [0.15, 0.2) is 36.5 Å². The molecule has 0 spiro atoms. The van der Waals surface area contributed by atoms with Gasteiger partial charge in [0, 0.05) is 50.3 Å². The van der Waals surface area contributed by atoms with Gasteiger partial charge in [-0.25, -0.2) is 0 Å². The molecule has 0 radical (unpaired) electrons. The van der Waals surface area contributed by atoms with Crippen LogP contribution in [0.4, 0.5) is 11.4 Å². The van der Waals surface area contributed by atoms with E-state index in [2.05, 4.69) is 32.1 Å². The van der Waals surface area contributed by atoms with Crippen molar-refractivity contribution in [1.82, 2.24) is 15.1 Å². The van der Waals surface area contributed by atoms with E-state index in [0.717, 1.165) is 44.1 Å². The van der Waals surface area contributed by atoms with Crippen LogP contribution in [0.2, 0.25) is 0 Å². The summed E-state index contributed by atoms with van der Waals surface area (Å²) in [5.41, 5.74) is 8.91. The Morgan fingerprint density at radius 2 is 1.79 bits per heavy atom. The zero-order chi connectivity index (χ0) is 13.1. The third-order valence-corrected chi connectivity index (χ3v) is 3.57. The molecule has 5 nitrogen and oxygen atoms in total. The number of benzene rings is 1. The average Bonchev–Trinajstić information content (AvgIpc) is 2.94. The number of piperazine rings is 1. The summed E-state index contributed by atoms with van der Waals surface area (Å²) in [4.78, 5) is 4.84. The molecule has 0 amide bonds. The molecule has 1 fully saturated rings. The van der Waals surface area contributed by atoms with E-state index in [1.807, 2.05) is 24.4 Å². The van der Waals surface area contributed by atoms with E-state index in [4.69, 9.17) is 5.73 Å². The fraction of sp³-hybridized carbons (Fsp3) is 0.357. The Hall–Kier alpha value is -2.01. The monoisotopic (exact) mass is 257 g/mol. The van der Waals surface area contributed by atoms with Crippen molar-refractivity contribution in [3.63, 3.8) is 0 Å². The maximum atomic E-state index is 5.72. The molecule has 1 aliphatic heterocycles. The number of hydrogen-bond donors (Lipinski definition) is 2. The van der Waals surface area contributed by atoms with Gasteiger partial charge >= 0.3 is 0 Å². The molecule has 19 heavy (non-hydrogen) atoms. The quantitative estimate of drug-likeness (QED) is 0.814. The number of anilines is 2. The van der Waals surface area contributed by atoms with Crippen LogP contribution in [0.3, 0.4) is 0 Å². The van der Waals surface area contributed by atoms with Crippen molar-refractivity contribution in [2.45, 2.75) is 6.54 Å². The Kier molecular flexibility index (Phi) is 3.37. The second-order valence-electron chi connectivity index (χ2n) is 4.92. The maximum absolute atomic E-state index is 5.72. The number of aromatic nitrogens is 2. The highest BCUT2D eigenvalue weighted by atomic mass is 15.3. The zero-order valence-electron chi connectivity index (χ0n) is 10.9. The van der Waals surface area contributed by atoms with Crippen molar-refractivity contribution in [3.8, 4) is 0 Å². The first-order chi connectivity index (χ1) is 9.31. The first kappa shape index (κ1) is 12.0. The number of nitrogens with zero attached hydrogens (tertiary/aromatic N) is 3. The first-order valence-corrected chi connectivity index (χ1v) is 6.63. The number of aromatic amines is 1. The van der Waals surface area contributed by atoms with Gasteiger partial charge in [-0.2, -0.15) is 5.10 Å². The van der Waals surface area contributed by atoms with Crippen molar-refractivity contribution in [1.29, 1.82) is 0 Å². The molecule has 0 unspecified atom stereocenters. The smallest absolute Gasteiger partial charge is 0.0762 e. The van der Waals surface area contributed by atoms with Crippen molar-refractivity contribution in [2.24, 2.45) is 0 Å². The highest BCUT2D eigenvalue weighted by molar-refractivity contribution is 5.53. The van der Waals surface area contributed by atoms with E-state index in [9.17, 15) is 0 Å². The minimum absolute atomic E-state index is 0.820. The van der Waals surface area contributed by atoms with Gasteiger partial charge in [-0.15, -0.1) is 0 Å². The second kappa shape index (κ2) is 5.32. The Morgan fingerprint density at radius 1 is 1.05 bits per heavy atom. The van der Waals surface area contributed by atoms with Crippen LogP contribution in [0.25, 0.3) is 0 Å². The predicted octanol–water partition coefficient (Wildman–Crippen LogP) is 1.31. The lowest BCUT2D eigenvalue weighted by Crippen LogP contribution is -2.46. The number of nitrogen functional groups attached to an aromatic ring is 1. The van der Waals surface area contributed by atoms with Crippen LogP contribution in [-0.4, -0.2) is 41.3 Å². The lowest BCUT2D eigenvalue weighted by atomic mass is 10.2. The Labute approximate surface area is 113 Å². The molecule has 5 heteroatoms. The fourth-order valence-corrected chi connectivity index (χ4v) is 2.46. The molecule has 100 valence electrons. The van der Waals surface area contributed by atoms with Crippen LogP contribution in [0, 0.1) is 0 Å². The largest absolute Gasteiger partial charge is 0.399 e. The van der Waals surface area contributed by atoms with E-state index in [1.54, 1.807) is 0 Å². The van der Waals surface area contributed by atoms with Gasteiger partial charge in [0.2, 0.25) is 0 Å². The van der Waals surface area contributed by atoms with Crippen molar-refractivity contribution in [2.75, 3.05) is 36.8 Å². The van der Waals surface area contributed by atoms with Gasteiger partial charge in [-0.05, 0) is 30.3 Å². The molecule has 3 rings (SSSR count). The Morgan fingerprint density at radius 3 is 2.42 bits per heavy atom. The number of H-pyrrole nitrogens is 1. The van der Waals surface area contributed by atoms with E-state index in [-0.39, 0.29) is 0 Å². The topological polar surface area (TPSA) is 61.2 Å². The molecule has 1 saturated heterocycles. The van der Waals surface area contributed by atoms with E-state index < -0.39 is 0 Å². The number of nitrogens with one attached hydrogen (secondary N) is 1. The molecule has 0 aliphatic carbocycles. The van der Waals surface area contributed by atoms with Gasteiger partial charge in [0.05, 0.1) is 5.69 Å². The van der Waals surface area contributed by atoms with Gasteiger partial charge in [0.1, 0.15) is 0 Å². The van der Waals surface area contributed by atoms with Crippen molar-refractivity contribution < 1.29 is 0 Å². The molecule has 0 atom stereocenters. The fourth-order valence-electron chi connectivity index (χ4n) is 2.46. The molecular weight excluding hydrogens is 238 g/mol. The van der Waals surface area contributed by atoms with Gasteiger partial charge in [0.15, 0.2) is 0 Å². The van der Waals surface area contributed by atoms with Crippen LogP contribution in [0.1, 0.15) is 5.69 Å². The number of nitrogens with two attached hydrogens (primary N) is 1. The van der Waals surface area contributed by atoms with Crippen molar-refractivity contribution in [3.05, 3.63) is 42.2 Å². The number of hydrogen-bond acceptors (Lipinski definition) is 4. The lowest BCUT2D eigenvalue weighted by molar-refractivity contribution is 0.247. The van der Waals surface area contributed by atoms with Crippen LogP contribution in [0.5, 0.6) is 0 Å². The summed E-state index contributed by atoms with van der Waals surface area (Å²) in [7, 11) is 0. The summed E-state index contributed by atoms with van der Waals surface area (Å²) in [5.74, 6) is 0. The van der Waals surface area contributed by atoms with E-state index >= 15 is 0 Å².